The first-order valence-electron chi connectivity index (χ1n) is 6.76. The number of nitrogens with one attached hydrogen (secondary N) is 1. The molecule has 2 nitrogen and oxygen atoms in total. The summed E-state index contributed by atoms with van der Waals surface area (Å²) in [5, 5.41) is 3.57. The average Bonchev–Trinajstić information content (AvgIpc) is 2.25. The van der Waals surface area contributed by atoms with E-state index in [2.05, 4.69) is 33.0 Å². The van der Waals surface area contributed by atoms with Gasteiger partial charge in [0.15, 0.2) is 0 Å². The average molecular weight is 229 g/mol. The molecule has 0 rings (SSSR count). The topological polar surface area (TPSA) is 21.3 Å². The molecule has 16 heavy (non-hydrogen) atoms. The minimum atomic E-state index is 0.433. The Bertz CT molecular complexity index is 159. The van der Waals surface area contributed by atoms with E-state index in [0.29, 0.717) is 5.41 Å². The maximum Gasteiger partial charge on any atom is 0.0462 e. The van der Waals surface area contributed by atoms with E-state index >= 15 is 0 Å². The van der Waals surface area contributed by atoms with Gasteiger partial charge in [0.2, 0.25) is 0 Å². The summed E-state index contributed by atoms with van der Waals surface area (Å²) in [5.41, 5.74) is 0.433. The molecule has 0 aliphatic rings. The molecule has 1 atom stereocenters. The van der Waals surface area contributed by atoms with Crippen molar-refractivity contribution in [1.29, 1.82) is 0 Å². The highest BCUT2D eigenvalue weighted by atomic mass is 16.5. The molecule has 0 aromatic carbocycles. The van der Waals surface area contributed by atoms with Crippen LogP contribution in [-0.2, 0) is 4.74 Å². The molecule has 1 unspecified atom stereocenters. The first-order valence-corrected chi connectivity index (χ1v) is 6.76. The van der Waals surface area contributed by atoms with Gasteiger partial charge in [0, 0.05) is 20.3 Å². The van der Waals surface area contributed by atoms with Gasteiger partial charge in [-0.25, -0.2) is 0 Å². The van der Waals surface area contributed by atoms with Crippen molar-refractivity contribution in [3.63, 3.8) is 0 Å². The second-order valence-corrected chi connectivity index (χ2v) is 5.44. The van der Waals surface area contributed by atoms with Gasteiger partial charge in [-0.15, -0.1) is 0 Å². The molecule has 0 aromatic rings. The highest BCUT2D eigenvalue weighted by molar-refractivity contribution is 4.80. The molecule has 0 radical (unpaired) electrons. The molecule has 0 aliphatic carbocycles. The lowest BCUT2D eigenvalue weighted by Crippen LogP contribution is -2.36. The Morgan fingerprint density at radius 3 is 2.44 bits per heavy atom. The number of hydrogen-bond donors (Lipinski definition) is 1. The molecule has 0 fully saturated rings. The number of rotatable bonds is 10. The zero-order chi connectivity index (χ0) is 12.4. The van der Waals surface area contributed by atoms with E-state index in [-0.39, 0.29) is 0 Å². The Morgan fingerprint density at radius 2 is 1.94 bits per heavy atom. The second kappa shape index (κ2) is 9.00. The van der Waals surface area contributed by atoms with Gasteiger partial charge in [-0.3, -0.25) is 0 Å². The first kappa shape index (κ1) is 15.9. The fourth-order valence-electron chi connectivity index (χ4n) is 1.91. The highest BCUT2D eigenvalue weighted by Gasteiger charge is 2.26. The fourth-order valence-corrected chi connectivity index (χ4v) is 1.91. The largest absolute Gasteiger partial charge is 0.385 e. The van der Waals surface area contributed by atoms with E-state index in [0.717, 1.165) is 25.6 Å². The standard InChI is InChI=1S/C14H31NO/c1-6-10-15-12-14(4,13(2)3)9-7-8-11-16-5/h13,15H,6-12H2,1-5H3. The third-order valence-electron chi connectivity index (χ3n) is 3.70. The summed E-state index contributed by atoms with van der Waals surface area (Å²) >= 11 is 0. The lowest BCUT2D eigenvalue weighted by atomic mass is 9.75. The van der Waals surface area contributed by atoms with Gasteiger partial charge in [0.25, 0.3) is 0 Å². The number of methoxy groups -OCH3 is 1. The van der Waals surface area contributed by atoms with Gasteiger partial charge < -0.3 is 10.1 Å². The van der Waals surface area contributed by atoms with Crippen molar-refractivity contribution >= 4 is 0 Å². The van der Waals surface area contributed by atoms with Crippen molar-refractivity contribution in [3.8, 4) is 0 Å². The van der Waals surface area contributed by atoms with Crippen molar-refractivity contribution in [2.75, 3.05) is 26.8 Å². The van der Waals surface area contributed by atoms with E-state index in [1.165, 1.54) is 25.7 Å². The van der Waals surface area contributed by atoms with Gasteiger partial charge in [-0.1, -0.05) is 34.1 Å². The van der Waals surface area contributed by atoms with Crippen molar-refractivity contribution in [2.45, 2.75) is 53.4 Å². The summed E-state index contributed by atoms with van der Waals surface area (Å²) in [5.74, 6) is 0.736. The maximum atomic E-state index is 5.10. The van der Waals surface area contributed by atoms with E-state index in [1.807, 2.05) is 0 Å². The SMILES string of the molecule is CCCNCC(C)(CCCCOC)C(C)C. The molecule has 2 heteroatoms. The Labute approximate surface area is 102 Å². The van der Waals surface area contributed by atoms with Crippen LogP contribution in [0.2, 0.25) is 0 Å². The van der Waals surface area contributed by atoms with Gasteiger partial charge in [0.1, 0.15) is 0 Å². The summed E-state index contributed by atoms with van der Waals surface area (Å²) in [4.78, 5) is 0. The van der Waals surface area contributed by atoms with Crippen molar-refractivity contribution in [3.05, 3.63) is 0 Å². The van der Waals surface area contributed by atoms with Crippen LogP contribution in [-0.4, -0.2) is 26.8 Å². The third kappa shape index (κ3) is 6.49. The second-order valence-electron chi connectivity index (χ2n) is 5.44. The molecule has 98 valence electrons. The lowest BCUT2D eigenvalue weighted by molar-refractivity contribution is 0.161. The number of ether oxygens (including phenoxy) is 1. The van der Waals surface area contributed by atoms with Crippen LogP contribution in [0.5, 0.6) is 0 Å². The summed E-state index contributed by atoms with van der Waals surface area (Å²) in [7, 11) is 1.78. The monoisotopic (exact) mass is 229 g/mol. The van der Waals surface area contributed by atoms with Gasteiger partial charge in [0.05, 0.1) is 0 Å². The van der Waals surface area contributed by atoms with Crippen LogP contribution in [0.15, 0.2) is 0 Å². The summed E-state index contributed by atoms with van der Waals surface area (Å²) in [6, 6.07) is 0. The molecule has 0 saturated carbocycles. The highest BCUT2D eigenvalue weighted by Crippen LogP contribution is 2.32. The Balaban J connectivity index is 3.91. The fraction of sp³-hybridized carbons (Fsp3) is 1.00. The van der Waals surface area contributed by atoms with E-state index in [1.54, 1.807) is 7.11 Å². The van der Waals surface area contributed by atoms with Crippen molar-refractivity contribution in [2.24, 2.45) is 11.3 Å². The van der Waals surface area contributed by atoms with Crippen LogP contribution >= 0.6 is 0 Å². The molecule has 0 saturated heterocycles. The van der Waals surface area contributed by atoms with E-state index in [4.69, 9.17) is 4.74 Å². The van der Waals surface area contributed by atoms with Crippen LogP contribution in [0, 0.1) is 11.3 Å². The normalized spacial score (nSPS) is 15.4. The summed E-state index contributed by atoms with van der Waals surface area (Å²) < 4.78 is 5.10. The minimum absolute atomic E-state index is 0.433. The first-order chi connectivity index (χ1) is 7.56. The lowest BCUT2D eigenvalue weighted by Gasteiger charge is -2.34. The van der Waals surface area contributed by atoms with Crippen molar-refractivity contribution in [1.82, 2.24) is 5.32 Å². The molecular formula is C14H31NO. The van der Waals surface area contributed by atoms with Gasteiger partial charge in [-0.2, -0.15) is 0 Å². The molecule has 0 bridgehead atoms. The third-order valence-corrected chi connectivity index (χ3v) is 3.70. The smallest absolute Gasteiger partial charge is 0.0462 e. The van der Waals surface area contributed by atoms with Crippen LogP contribution in [0.3, 0.4) is 0 Å². The predicted molar refractivity (Wildman–Crippen MR) is 71.8 cm³/mol. The Morgan fingerprint density at radius 1 is 1.25 bits per heavy atom. The Hall–Kier alpha value is -0.0800. The molecule has 0 aromatic heterocycles. The van der Waals surface area contributed by atoms with Crippen LogP contribution < -0.4 is 5.32 Å². The summed E-state index contributed by atoms with van der Waals surface area (Å²) in [6.07, 6.45) is 4.98. The van der Waals surface area contributed by atoms with Crippen molar-refractivity contribution < 1.29 is 4.74 Å². The number of hydrogen-bond acceptors (Lipinski definition) is 2. The van der Waals surface area contributed by atoms with E-state index < -0.39 is 0 Å². The molecule has 0 spiro atoms. The molecular weight excluding hydrogens is 198 g/mol. The van der Waals surface area contributed by atoms with Crippen LogP contribution in [0.4, 0.5) is 0 Å². The number of unbranched alkanes of at least 4 members (excludes halogenated alkanes) is 1. The predicted octanol–water partition coefficient (Wildman–Crippen LogP) is 3.47. The maximum absolute atomic E-state index is 5.10. The molecule has 0 aliphatic heterocycles. The van der Waals surface area contributed by atoms with E-state index in [9.17, 15) is 0 Å². The zero-order valence-corrected chi connectivity index (χ0v) is 11.9. The molecule has 0 heterocycles. The van der Waals surface area contributed by atoms with Crippen LogP contribution in [0.1, 0.15) is 53.4 Å². The molecule has 0 amide bonds. The van der Waals surface area contributed by atoms with Gasteiger partial charge >= 0.3 is 0 Å². The summed E-state index contributed by atoms with van der Waals surface area (Å²) in [6.45, 7) is 12.5. The van der Waals surface area contributed by atoms with Crippen LogP contribution in [0.25, 0.3) is 0 Å². The Kier molecular flexibility index (Phi) is 8.96. The van der Waals surface area contributed by atoms with Gasteiger partial charge in [-0.05, 0) is 37.1 Å². The zero-order valence-electron chi connectivity index (χ0n) is 11.9. The minimum Gasteiger partial charge on any atom is -0.385 e. The molecule has 1 N–H and O–H groups in total. The quantitative estimate of drug-likeness (QED) is 0.579.